The summed E-state index contributed by atoms with van der Waals surface area (Å²) in [6, 6.07) is 17.1. The van der Waals surface area contributed by atoms with Crippen molar-refractivity contribution in [2.75, 3.05) is 19.7 Å². The molecule has 1 aliphatic heterocycles. The highest BCUT2D eigenvalue weighted by Gasteiger charge is 2.22. The van der Waals surface area contributed by atoms with Crippen LogP contribution in [0.25, 0.3) is 0 Å². The molecule has 3 aromatic rings. The van der Waals surface area contributed by atoms with Gasteiger partial charge in [-0.1, -0.05) is 24.3 Å². The first-order valence-electron chi connectivity index (χ1n) is 11.4. The summed E-state index contributed by atoms with van der Waals surface area (Å²) in [6.07, 6.45) is 5.01. The van der Waals surface area contributed by atoms with Crippen LogP contribution in [0.1, 0.15) is 53.6 Å². The third-order valence-corrected chi connectivity index (χ3v) is 6.09. The molecule has 1 unspecified atom stereocenters. The molecule has 2 aromatic carbocycles. The van der Waals surface area contributed by atoms with Crippen molar-refractivity contribution in [2.24, 2.45) is 0 Å². The first-order valence-corrected chi connectivity index (χ1v) is 11.4. The van der Waals surface area contributed by atoms with Crippen molar-refractivity contribution in [2.45, 2.75) is 45.3 Å². The number of piperidine rings is 1. The first kappa shape index (κ1) is 22.4. The lowest BCUT2D eigenvalue weighted by Crippen LogP contribution is -2.34. The van der Waals surface area contributed by atoms with E-state index in [1.807, 2.05) is 31.3 Å². The van der Waals surface area contributed by atoms with Crippen LogP contribution in [0.5, 0.6) is 5.75 Å². The minimum Gasteiger partial charge on any atom is -0.494 e. The summed E-state index contributed by atoms with van der Waals surface area (Å²) in [5, 5.41) is 9.68. The van der Waals surface area contributed by atoms with Crippen LogP contribution in [-0.2, 0) is 19.6 Å². The SMILES string of the molecule is CCOc1ccc(CN2CCCC(c3ccc(Cc4ccc(F)cc4)cn3)C2)cc1CO. The Kier molecular flexibility index (Phi) is 7.51. The van der Waals surface area contributed by atoms with Crippen molar-refractivity contribution < 1.29 is 14.2 Å². The van der Waals surface area contributed by atoms with Gasteiger partial charge in [-0.05, 0) is 79.8 Å². The topological polar surface area (TPSA) is 45.6 Å². The molecule has 32 heavy (non-hydrogen) atoms. The smallest absolute Gasteiger partial charge is 0.124 e. The quantitative estimate of drug-likeness (QED) is 0.537. The van der Waals surface area contributed by atoms with Crippen LogP contribution in [0, 0.1) is 5.82 Å². The lowest BCUT2D eigenvalue weighted by molar-refractivity contribution is 0.198. The van der Waals surface area contributed by atoms with Gasteiger partial charge in [-0.2, -0.15) is 0 Å². The molecule has 1 fully saturated rings. The molecule has 4 rings (SSSR count). The number of aliphatic hydroxyl groups is 1. The summed E-state index contributed by atoms with van der Waals surface area (Å²) < 4.78 is 18.7. The van der Waals surface area contributed by atoms with Gasteiger partial charge >= 0.3 is 0 Å². The number of ether oxygens (including phenoxy) is 1. The van der Waals surface area contributed by atoms with Crippen LogP contribution in [-0.4, -0.2) is 34.7 Å². The molecule has 0 amide bonds. The molecule has 0 spiro atoms. The Bertz CT molecular complexity index is 1010. The maximum atomic E-state index is 13.1. The van der Waals surface area contributed by atoms with Gasteiger partial charge in [0.1, 0.15) is 11.6 Å². The Morgan fingerprint density at radius 3 is 2.56 bits per heavy atom. The molecule has 2 heterocycles. The fourth-order valence-corrected chi connectivity index (χ4v) is 4.47. The fourth-order valence-electron chi connectivity index (χ4n) is 4.47. The molecule has 1 atom stereocenters. The van der Waals surface area contributed by atoms with E-state index in [9.17, 15) is 9.50 Å². The number of aliphatic hydroxyl groups excluding tert-OH is 1. The summed E-state index contributed by atoms with van der Waals surface area (Å²) in [6.45, 7) is 5.44. The van der Waals surface area contributed by atoms with E-state index in [2.05, 4.69) is 29.2 Å². The molecule has 1 aliphatic rings. The first-order chi connectivity index (χ1) is 15.6. The van der Waals surface area contributed by atoms with Crippen LogP contribution in [0.3, 0.4) is 0 Å². The third kappa shape index (κ3) is 5.72. The predicted octanol–water partition coefficient (Wildman–Crippen LogP) is 5.08. The van der Waals surface area contributed by atoms with Gasteiger partial charge in [-0.25, -0.2) is 4.39 Å². The number of benzene rings is 2. The Labute approximate surface area is 189 Å². The lowest BCUT2D eigenvalue weighted by atomic mass is 9.93. The van der Waals surface area contributed by atoms with Gasteiger partial charge in [0.2, 0.25) is 0 Å². The van der Waals surface area contributed by atoms with Crippen LogP contribution in [0.15, 0.2) is 60.8 Å². The molecule has 4 nitrogen and oxygen atoms in total. The van der Waals surface area contributed by atoms with E-state index >= 15 is 0 Å². The molecular formula is C27H31FN2O2. The van der Waals surface area contributed by atoms with Crippen LogP contribution in [0.2, 0.25) is 0 Å². The number of nitrogens with zero attached hydrogens (tertiary/aromatic N) is 2. The number of hydrogen-bond donors (Lipinski definition) is 1. The minimum atomic E-state index is -0.207. The van der Waals surface area contributed by atoms with E-state index in [4.69, 9.17) is 9.72 Å². The van der Waals surface area contributed by atoms with Gasteiger partial charge in [-0.3, -0.25) is 9.88 Å². The molecule has 1 N–H and O–H groups in total. The van der Waals surface area contributed by atoms with E-state index in [0.717, 1.165) is 67.0 Å². The van der Waals surface area contributed by atoms with Crippen LogP contribution in [0.4, 0.5) is 4.39 Å². The molecule has 168 valence electrons. The van der Waals surface area contributed by atoms with Crippen LogP contribution < -0.4 is 4.74 Å². The number of aromatic nitrogens is 1. The molecule has 5 heteroatoms. The second-order valence-corrected chi connectivity index (χ2v) is 8.50. The van der Waals surface area contributed by atoms with Crippen molar-refractivity contribution >= 4 is 0 Å². The summed E-state index contributed by atoms with van der Waals surface area (Å²) in [7, 11) is 0. The standard InChI is InChI=1S/C27H31FN2O2/c1-2-32-27-12-8-22(15-24(27)19-31)17-30-13-3-4-23(18-30)26-11-7-21(16-29-26)14-20-5-9-25(28)10-6-20/h5-12,15-16,23,31H,2-4,13-14,17-19H2,1H3. The number of halogens is 1. The monoisotopic (exact) mass is 434 g/mol. The average molecular weight is 435 g/mol. The predicted molar refractivity (Wildman–Crippen MR) is 124 cm³/mol. The number of likely N-dealkylation sites (tertiary alicyclic amines) is 1. The highest BCUT2D eigenvalue weighted by molar-refractivity contribution is 5.37. The van der Waals surface area contributed by atoms with Crippen LogP contribution >= 0.6 is 0 Å². The molecule has 0 saturated carbocycles. The van der Waals surface area contributed by atoms with E-state index in [-0.39, 0.29) is 12.4 Å². The number of hydrogen-bond acceptors (Lipinski definition) is 4. The van der Waals surface area contributed by atoms with E-state index < -0.39 is 0 Å². The number of rotatable bonds is 8. The van der Waals surface area contributed by atoms with E-state index in [1.165, 1.54) is 17.7 Å². The van der Waals surface area contributed by atoms with Crippen molar-refractivity contribution in [3.63, 3.8) is 0 Å². The van der Waals surface area contributed by atoms with Crippen molar-refractivity contribution in [3.05, 3.63) is 94.6 Å². The third-order valence-electron chi connectivity index (χ3n) is 6.09. The van der Waals surface area contributed by atoms with Gasteiger partial charge in [0.15, 0.2) is 0 Å². The zero-order valence-electron chi connectivity index (χ0n) is 18.6. The molecule has 0 bridgehead atoms. The number of pyridine rings is 1. The lowest BCUT2D eigenvalue weighted by Gasteiger charge is -2.32. The molecule has 1 aromatic heterocycles. The van der Waals surface area contributed by atoms with Gasteiger partial charge < -0.3 is 9.84 Å². The second kappa shape index (κ2) is 10.7. The Morgan fingerprint density at radius 1 is 1.06 bits per heavy atom. The van der Waals surface area contributed by atoms with Crippen molar-refractivity contribution in [1.29, 1.82) is 0 Å². The van der Waals surface area contributed by atoms with Crippen molar-refractivity contribution in [3.8, 4) is 5.75 Å². The molecule has 1 saturated heterocycles. The minimum absolute atomic E-state index is 0.0139. The molecule has 0 radical (unpaired) electrons. The Hall–Kier alpha value is -2.76. The van der Waals surface area contributed by atoms with Crippen molar-refractivity contribution in [1.82, 2.24) is 9.88 Å². The second-order valence-electron chi connectivity index (χ2n) is 8.50. The van der Waals surface area contributed by atoms with E-state index in [1.54, 1.807) is 0 Å². The average Bonchev–Trinajstić information content (AvgIpc) is 2.82. The zero-order chi connectivity index (χ0) is 22.3. The maximum Gasteiger partial charge on any atom is 0.124 e. The van der Waals surface area contributed by atoms with Gasteiger partial charge in [0.25, 0.3) is 0 Å². The molecule has 0 aliphatic carbocycles. The summed E-state index contributed by atoms with van der Waals surface area (Å²) in [5.41, 5.74) is 5.40. The summed E-state index contributed by atoms with van der Waals surface area (Å²) >= 11 is 0. The van der Waals surface area contributed by atoms with Gasteiger partial charge in [0, 0.05) is 36.5 Å². The highest BCUT2D eigenvalue weighted by Crippen LogP contribution is 2.28. The largest absolute Gasteiger partial charge is 0.494 e. The summed E-state index contributed by atoms with van der Waals surface area (Å²) in [4.78, 5) is 7.24. The maximum absolute atomic E-state index is 13.1. The normalized spacial score (nSPS) is 16.8. The zero-order valence-corrected chi connectivity index (χ0v) is 18.6. The Balaban J connectivity index is 1.38. The highest BCUT2D eigenvalue weighted by atomic mass is 19.1. The molecular weight excluding hydrogens is 403 g/mol. The fraction of sp³-hybridized carbons (Fsp3) is 0.370. The summed E-state index contributed by atoms with van der Waals surface area (Å²) in [5.74, 6) is 0.978. The van der Waals surface area contributed by atoms with E-state index in [0.29, 0.717) is 12.5 Å². The van der Waals surface area contributed by atoms with Gasteiger partial charge in [0.05, 0.1) is 13.2 Å². The van der Waals surface area contributed by atoms with Gasteiger partial charge in [-0.15, -0.1) is 0 Å². The Morgan fingerprint density at radius 2 is 1.84 bits per heavy atom.